The van der Waals surface area contributed by atoms with Gasteiger partial charge in [0.15, 0.2) is 5.71 Å². The van der Waals surface area contributed by atoms with Crippen molar-refractivity contribution < 1.29 is 19.1 Å². The second-order valence-electron chi connectivity index (χ2n) is 8.42. The number of rotatable bonds is 6. The highest BCUT2D eigenvalue weighted by Crippen LogP contribution is 2.38. The van der Waals surface area contributed by atoms with Crippen molar-refractivity contribution in [2.45, 2.75) is 13.6 Å². The molecule has 0 bridgehead atoms. The zero-order valence-electron chi connectivity index (χ0n) is 19.4. The monoisotopic (exact) mass is 479 g/mol. The number of fused-ring (bicyclic) bond motifs is 1. The number of nitrogens with one attached hydrogen (secondary N) is 1. The van der Waals surface area contributed by atoms with Crippen LogP contribution in [0.2, 0.25) is 0 Å². The van der Waals surface area contributed by atoms with Crippen LogP contribution >= 0.6 is 0 Å². The molecule has 0 spiro atoms. The predicted molar refractivity (Wildman–Crippen MR) is 139 cm³/mol. The van der Waals surface area contributed by atoms with Gasteiger partial charge in [-0.3, -0.25) is 19.9 Å². The van der Waals surface area contributed by atoms with E-state index in [4.69, 9.17) is 0 Å². The minimum Gasteiger partial charge on any atom is -0.505 e. The number of aryl methyl sites for hydroxylation is 1. The first-order chi connectivity index (χ1) is 17.5. The summed E-state index contributed by atoms with van der Waals surface area (Å²) in [6.45, 7) is 1.20. The number of hydrogen-bond donors (Lipinski definition) is 2. The maximum Gasteiger partial charge on any atom is 0.283 e. The van der Waals surface area contributed by atoms with E-state index < -0.39 is 6.67 Å². The Morgan fingerprint density at radius 3 is 2.56 bits per heavy atom. The van der Waals surface area contributed by atoms with Gasteiger partial charge in [0.1, 0.15) is 18.7 Å². The van der Waals surface area contributed by atoms with Crippen LogP contribution < -0.4 is 10.3 Å². The lowest BCUT2D eigenvalue weighted by Crippen LogP contribution is -2.26. The summed E-state index contributed by atoms with van der Waals surface area (Å²) in [5.41, 5.74) is 8.11. The highest BCUT2D eigenvalue weighted by atomic mass is 19.1. The molecule has 6 nitrogen and oxygen atoms in total. The standard InChI is InChI=1S/C29H22FN3O3/c1-18-12-13-22(15-21(18)16-30)33-26-11-3-2-8-24(26)27(29(33)36)32-31-25-10-5-9-23(28(25)35)20-7-4-6-19(14-20)17-34/h2-15,17,31,35H,16H2,1H3/b32-27-. The Morgan fingerprint density at radius 2 is 1.75 bits per heavy atom. The van der Waals surface area contributed by atoms with E-state index in [0.717, 1.165) is 11.8 Å². The Balaban J connectivity index is 1.51. The Kier molecular flexibility index (Phi) is 6.04. The van der Waals surface area contributed by atoms with Crippen molar-refractivity contribution in [1.82, 2.24) is 0 Å². The third-order valence-electron chi connectivity index (χ3n) is 6.20. The van der Waals surface area contributed by atoms with Crippen molar-refractivity contribution in [3.8, 4) is 16.9 Å². The molecular weight excluding hydrogens is 457 g/mol. The number of carbonyl (C=O) groups is 2. The van der Waals surface area contributed by atoms with Crippen LogP contribution in [0, 0.1) is 6.92 Å². The van der Waals surface area contributed by atoms with E-state index in [9.17, 15) is 19.1 Å². The van der Waals surface area contributed by atoms with Gasteiger partial charge in [-0.25, -0.2) is 4.39 Å². The molecule has 0 atom stereocenters. The maximum absolute atomic E-state index is 13.5. The fourth-order valence-electron chi connectivity index (χ4n) is 4.27. The summed E-state index contributed by atoms with van der Waals surface area (Å²) in [5, 5.41) is 15.3. The molecule has 36 heavy (non-hydrogen) atoms. The molecule has 0 saturated carbocycles. The number of hydrogen-bond acceptors (Lipinski definition) is 5. The molecule has 7 heteroatoms. The second-order valence-corrected chi connectivity index (χ2v) is 8.42. The first-order valence-corrected chi connectivity index (χ1v) is 11.3. The number of aldehydes is 1. The summed E-state index contributed by atoms with van der Waals surface area (Å²) in [6.07, 6.45) is 0.744. The van der Waals surface area contributed by atoms with Crippen LogP contribution in [-0.2, 0) is 11.5 Å². The fourth-order valence-corrected chi connectivity index (χ4v) is 4.27. The van der Waals surface area contributed by atoms with Gasteiger partial charge in [0, 0.05) is 22.4 Å². The molecule has 0 saturated heterocycles. The van der Waals surface area contributed by atoms with Crippen LogP contribution in [0.4, 0.5) is 21.5 Å². The molecule has 0 unspecified atom stereocenters. The van der Waals surface area contributed by atoms with Gasteiger partial charge in [0.05, 0.1) is 11.4 Å². The summed E-state index contributed by atoms with van der Waals surface area (Å²) in [6, 6.07) is 24.5. The summed E-state index contributed by atoms with van der Waals surface area (Å²) in [5.74, 6) is -0.432. The van der Waals surface area contributed by atoms with Crippen molar-refractivity contribution >= 4 is 35.0 Å². The minimum atomic E-state index is -0.628. The number of alkyl halides is 1. The fraction of sp³-hybridized carbons (Fsp3) is 0.0690. The van der Waals surface area contributed by atoms with E-state index in [1.165, 1.54) is 4.90 Å². The van der Waals surface area contributed by atoms with Gasteiger partial charge in [0.2, 0.25) is 0 Å². The average molecular weight is 480 g/mol. The number of carbonyl (C=O) groups excluding carboxylic acids is 2. The molecule has 0 radical (unpaired) electrons. The number of phenols is 1. The summed E-state index contributed by atoms with van der Waals surface area (Å²) in [7, 11) is 0. The van der Waals surface area contributed by atoms with E-state index >= 15 is 0 Å². The highest BCUT2D eigenvalue weighted by molar-refractivity contribution is 6.55. The number of benzene rings is 4. The SMILES string of the molecule is Cc1ccc(N2C(=O)/C(=N\Nc3cccc(-c4cccc(C=O)c4)c3O)c3ccccc32)cc1CF. The smallest absolute Gasteiger partial charge is 0.283 e. The van der Waals surface area contributed by atoms with Crippen LogP contribution in [0.15, 0.2) is 90.0 Å². The van der Waals surface area contributed by atoms with Gasteiger partial charge < -0.3 is 5.11 Å². The van der Waals surface area contributed by atoms with Gasteiger partial charge >= 0.3 is 0 Å². The highest BCUT2D eigenvalue weighted by Gasteiger charge is 2.35. The number of anilines is 3. The van der Waals surface area contributed by atoms with Crippen LogP contribution in [0.5, 0.6) is 5.75 Å². The third kappa shape index (κ3) is 4.01. The van der Waals surface area contributed by atoms with Crippen molar-refractivity contribution in [1.29, 1.82) is 0 Å². The number of halogens is 1. The molecule has 0 aromatic heterocycles. The van der Waals surface area contributed by atoms with E-state index in [-0.39, 0.29) is 17.4 Å². The van der Waals surface area contributed by atoms with Gasteiger partial charge in [-0.05, 0) is 53.9 Å². The van der Waals surface area contributed by atoms with Gasteiger partial charge in [-0.1, -0.05) is 54.6 Å². The van der Waals surface area contributed by atoms with Gasteiger partial charge in [-0.15, -0.1) is 0 Å². The first-order valence-electron chi connectivity index (χ1n) is 11.3. The summed E-state index contributed by atoms with van der Waals surface area (Å²) >= 11 is 0. The third-order valence-corrected chi connectivity index (χ3v) is 6.20. The van der Waals surface area contributed by atoms with Crippen molar-refractivity contribution in [3.05, 3.63) is 107 Å². The summed E-state index contributed by atoms with van der Waals surface area (Å²) < 4.78 is 13.5. The zero-order chi connectivity index (χ0) is 25.2. The molecule has 0 fully saturated rings. The Morgan fingerprint density at radius 1 is 0.972 bits per heavy atom. The number of nitrogens with zero attached hydrogens (tertiary/aromatic N) is 2. The molecule has 1 aliphatic heterocycles. The molecule has 0 aliphatic carbocycles. The Labute approximate surface area is 207 Å². The lowest BCUT2D eigenvalue weighted by molar-refractivity contribution is -0.111. The van der Waals surface area contributed by atoms with Crippen molar-refractivity contribution in [3.63, 3.8) is 0 Å². The van der Waals surface area contributed by atoms with E-state index in [0.29, 0.717) is 44.9 Å². The predicted octanol–water partition coefficient (Wildman–Crippen LogP) is 6.14. The Bertz CT molecular complexity index is 1530. The molecule has 5 rings (SSSR count). The molecule has 1 aliphatic rings. The molecule has 4 aromatic carbocycles. The number of para-hydroxylation sites is 2. The first kappa shape index (κ1) is 23.0. The van der Waals surface area contributed by atoms with Crippen LogP contribution in [0.25, 0.3) is 11.1 Å². The number of hydrazone groups is 1. The van der Waals surface area contributed by atoms with Crippen molar-refractivity contribution in [2.24, 2.45) is 5.10 Å². The number of phenolic OH excluding ortho intramolecular Hbond substituents is 1. The van der Waals surface area contributed by atoms with Crippen LogP contribution in [0.3, 0.4) is 0 Å². The van der Waals surface area contributed by atoms with Gasteiger partial charge in [0.25, 0.3) is 5.91 Å². The number of aromatic hydroxyl groups is 1. The molecule has 1 heterocycles. The van der Waals surface area contributed by atoms with Crippen molar-refractivity contribution in [2.75, 3.05) is 10.3 Å². The van der Waals surface area contributed by atoms with Crippen LogP contribution in [0.1, 0.15) is 27.0 Å². The second kappa shape index (κ2) is 9.46. The Hall–Kier alpha value is -4.78. The largest absolute Gasteiger partial charge is 0.505 e. The molecular formula is C29H22FN3O3. The molecule has 178 valence electrons. The van der Waals surface area contributed by atoms with E-state index in [1.54, 1.807) is 66.7 Å². The average Bonchev–Trinajstić information content (AvgIpc) is 3.19. The summed E-state index contributed by atoms with van der Waals surface area (Å²) in [4.78, 5) is 26.1. The minimum absolute atomic E-state index is 0.0633. The molecule has 1 amide bonds. The van der Waals surface area contributed by atoms with Gasteiger partial charge in [-0.2, -0.15) is 5.10 Å². The molecule has 2 N–H and O–H groups in total. The quantitative estimate of drug-likeness (QED) is 0.198. The molecule has 4 aromatic rings. The zero-order valence-corrected chi connectivity index (χ0v) is 19.4. The topological polar surface area (TPSA) is 82.0 Å². The lowest BCUT2D eigenvalue weighted by atomic mass is 10.0. The maximum atomic E-state index is 13.5. The van der Waals surface area contributed by atoms with E-state index in [1.807, 2.05) is 25.1 Å². The van der Waals surface area contributed by atoms with E-state index in [2.05, 4.69) is 10.5 Å². The lowest BCUT2D eigenvalue weighted by Gasteiger charge is -2.18. The normalized spacial score (nSPS) is 13.7. The van der Waals surface area contributed by atoms with Crippen LogP contribution in [-0.4, -0.2) is 23.0 Å². The number of amides is 1.